The van der Waals surface area contributed by atoms with Gasteiger partial charge in [-0.15, -0.1) is 0 Å². The Kier molecular flexibility index (Phi) is 8.44. The molecule has 0 aromatic heterocycles. The Balaban J connectivity index is 1.78. The van der Waals surface area contributed by atoms with Crippen molar-refractivity contribution in [2.45, 2.75) is 38.2 Å². The number of halogens is 4. The lowest BCUT2D eigenvalue weighted by Gasteiger charge is -2.36. The van der Waals surface area contributed by atoms with Crippen LogP contribution in [0.3, 0.4) is 0 Å². The number of benzene rings is 1. The number of amides is 2. The van der Waals surface area contributed by atoms with Crippen molar-refractivity contribution in [3.05, 3.63) is 23.8 Å². The molecule has 7 nitrogen and oxygen atoms in total. The molecule has 0 unspecified atom stereocenters. The van der Waals surface area contributed by atoms with E-state index >= 15 is 0 Å². The summed E-state index contributed by atoms with van der Waals surface area (Å²) in [7, 11) is 0. The van der Waals surface area contributed by atoms with Crippen molar-refractivity contribution >= 4 is 23.2 Å². The van der Waals surface area contributed by atoms with Gasteiger partial charge in [-0.05, 0) is 37.0 Å². The second kappa shape index (κ2) is 11.1. The molecular weight excluding hydrogens is 432 g/mol. The highest BCUT2D eigenvalue weighted by Crippen LogP contribution is 2.32. The van der Waals surface area contributed by atoms with Gasteiger partial charge in [0, 0.05) is 36.6 Å². The highest BCUT2D eigenvalue weighted by atomic mass is 19.3. The van der Waals surface area contributed by atoms with Crippen LogP contribution < -0.4 is 16.0 Å². The normalized spacial score (nSPS) is 18.4. The van der Waals surface area contributed by atoms with Crippen LogP contribution in [0.15, 0.2) is 18.2 Å². The summed E-state index contributed by atoms with van der Waals surface area (Å²) in [6.45, 7) is -0.165. The van der Waals surface area contributed by atoms with Gasteiger partial charge >= 0.3 is 0 Å². The molecule has 2 aliphatic rings. The van der Waals surface area contributed by atoms with Gasteiger partial charge in [0.25, 0.3) is 18.8 Å². The van der Waals surface area contributed by atoms with E-state index in [1.54, 1.807) is 0 Å². The number of alkyl halides is 4. The summed E-state index contributed by atoms with van der Waals surface area (Å²) in [4.78, 5) is 27.6. The maximum absolute atomic E-state index is 13.7. The van der Waals surface area contributed by atoms with Gasteiger partial charge in [-0.1, -0.05) is 6.42 Å². The highest BCUT2D eigenvalue weighted by molar-refractivity contribution is 5.97. The maximum atomic E-state index is 13.7. The van der Waals surface area contributed by atoms with E-state index in [9.17, 15) is 27.2 Å². The first kappa shape index (κ1) is 24.4. The van der Waals surface area contributed by atoms with E-state index in [1.807, 2.05) is 0 Å². The Morgan fingerprint density at radius 2 is 2.03 bits per heavy atom. The molecule has 178 valence electrons. The van der Waals surface area contributed by atoms with E-state index in [-0.39, 0.29) is 49.5 Å². The van der Waals surface area contributed by atoms with Crippen molar-refractivity contribution in [3.8, 4) is 0 Å². The Bertz CT molecular complexity index is 807. The molecule has 1 saturated carbocycles. The van der Waals surface area contributed by atoms with Crippen LogP contribution in [0.4, 0.5) is 28.9 Å². The number of hydrogen-bond acceptors (Lipinski definition) is 5. The number of nitrogens with two attached hydrogens (primary N) is 1. The van der Waals surface area contributed by atoms with Gasteiger partial charge in [0.2, 0.25) is 5.91 Å². The molecule has 32 heavy (non-hydrogen) atoms. The monoisotopic (exact) mass is 460 g/mol. The number of nitrogens with zero attached hydrogens (tertiary/aromatic N) is 2. The standard InChI is InChI=1S/C21H28F4N4O3/c22-18(23)11-28(10-13-2-1-3-13)17(9-26)21(31)27-16-5-4-14(8-15(16)20(24)25)29-6-7-32-12-19(29)30/h4-5,8,13,17-18,20H,1-3,6-7,9-12,26H2,(H,27,31)/t17-/m0/s1. The van der Waals surface area contributed by atoms with Crippen LogP contribution >= 0.6 is 0 Å². The van der Waals surface area contributed by atoms with E-state index in [0.29, 0.717) is 6.54 Å². The van der Waals surface area contributed by atoms with Crippen molar-refractivity contribution in [2.75, 3.05) is 49.6 Å². The third kappa shape index (κ3) is 5.96. The average molecular weight is 460 g/mol. The lowest BCUT2D eigenvalue weighted by molar-refractivity contribution is -0.125. The van der Waals surface area contributed by atoms with Crippen LogP contribution in [0.5, 0.6) is 0 Å². The molecule has 1 atom stereocenters. The molecule has 1 aromatic rings. The van der Waals surface area contributed by atoms with E-state index in [1.165, 1.54) is 21.9 Å². The first-order valence-corrected chi connectivity index (χ1v) is 10.6. The largest absolute Gasteiger partial charge is 0.370 e. The van der Waals surface area contributed by atoms with E-state index < -0.39 is 36.9 Å². The number of anilines is 2. The van der Waals surface area contributed by atoms with Crippen LogP contribution in [0.25, 0.3) is 0 Å². The number of nitrogens with one attached hydrogen (secondary N) is 1. The molecule has 3 rings (SSSR count). The minimum absolute atomic E-state index is 0.137. The number of morpholine rings is 1. The van der Waals surface area contributed by atoms with Crippen molar-refractivity contribution in [1.29, 1.82) is 0 Å². The lowest BCUT2D eigenvalue weighted by atomic mass is 9.85. The zero-order chi connectivity index (χ0) is 23.3. The van der Waals surface area contributed by atoms with Crippen molar-refractivity contribution in [3.63, 3.8) is 0 Å². The molecule has 1 saturated heterocycles. The zero-order valence-electron chi connectivity index (χ0n) is 17.6. The van der Waals surface area contributed by atoms with Gasteiger partial charge in [0.05, 0.1) is 13.2 Å². The van der Waals surface area contributed by atoms with E-state index in [0.717, 1.165) is 25.3 Å². The van der Waals surface area contributed by atoms with Crippen LogP contribution in [0, 0.1) is 5.92 Å². The molecular formula is C21H28F4N4O3. The van der Waals surface area contributed by atoms with Crippen LogP contribution in [0.2, 0.25) is 0 Å². The van der Waals surface area contributed by atoms with Gasteiger partial charge in [-0.3, -0.25) is 14.5 Å². The predicted molar refractivity (Wildman–Crippen MR) is 111 cm³/mol. The van der Waals surface area contributed by atoms with Gasteiger partial charge in [-0.2, -0.15) is 0 Å². The van der Waals surface area contributed by atoms with E-state index in [2.05, 4.69) is 5.32 Å². The lowest BCUT2D eigenvalue weighted by Crippen LogP contribution is -2.52. The first-order valence-electron chi connectivity index (χ1n) is 10.6. The fourth-order valence-electron chi connectivity index (χ4n) is 3.95. The van der Waals surface area contributed by atoms with Gasteiger partial charge in [0.15, 0.2) is 0 Å². The minimum Gasteiger partial charge on any atom is -0.370 e. The van der Waals surface area contributed by atoms with Crippen LogP contribution in [-0.2, 0) is 14.3 Å². The molecule has 0 bridgehead atoms. The Labute approximate surface area is 183 Å². The topological polar surface area (TPSA) is 87.9 Å². The average Bonchev–Trinajstić information content (AvgIpc) is 2.71. The highest BCUT2D eigenvalue weighted by Gasteiger charge is 2.32. The first-order chi connectivity index (χ1) is 15.3. The quantitative estimate of drug-likeness (QED) is 0.524. The second-order valence-electron chi connectivity index (χ2n) is 8.05. The van der Waals surface area contributed by atoms with Gasteiger partial charge < -0.3 is 20.7 Å². The summed E-state index contributed by atoms with van der Waals surface area (Å²) in [6, 6.07) is 2.81. The summed E-state index contributed by atoms with van der Waals surface area (Å²) >= 11 is 0. The summed E-state index contributed by atoms with van der Waals surface area (Å²) in [5, 5.41) is 2.43. The summed E-state index contributed by atoms with van der Waals surface area (Å²) in [6.07, 6.45) is -2.77. The van der Waals surface area contributed by atoms with Crippen molar-refractivity contribution in [2.24, 2.45) is 11.7 Å². The molecule has 1 aliphatic carbocycles. The van der Waals surface area contributed by atoms with Crippen molar-refractivity contribution < 1.29 is 31.9 Å². The Morgan fingerprint density at radius 3 is 2.59 bits per heavy atom. The van der Waals surface area contributed by atoms with Gasteiger partial charge in [-0.25, -0.2) is 17.6 Å². The molecule has 0 spiro atoms. The summed E-state index contributed by atoms with van der Waals surface area (Å²) in [5.41, 5.74) is 5.38. The summed E-state index contributed by atoms with van der Waals surface area (Å²) in [5.74, 6) is -0.850. The Hall–Kier alpha value is -2.24. The SMILES string of the molecule is NC[C@@H](C(=O)Nc1ccc(N2CCOCC2=O)cc1C(F)F)N(CC(F)F)CC1CCC1. The third-order valence-electron chi connectivity index (χ3n) is 5.88. The predicted octanol–water partition coefficient (Wildman–Crippen LogP) is 2.62. The van der Waals surface area contributed by atoms with Crippen LogP contribution in [-0.4, -0.2) is 68.6 Å². The molecule has 1 aromatic carbocycles. The number of ether oxygens (including phenoxy) is 1. The summed E-state index contributed by atoms with van der Waals surface area (Å²) < 4.78 is 58.8. The molecule has 1 aliphatic heterocycles. The number of hydrogen-bond donors (Lipinski definition) is 2. The minimum atomic E-state index is -2.93. The zero-order valence-corrected chi connectivity index (χ0v) is 17.6. The number of carbonyl (C=O) groups is 2. The van der Waals surface area contributed by atoms with Crippen LogP contribution in [0.1, 0.15) is 31.3 Å². The molecule has 0 radical (unpaired) electrons. The fourth-order valence-corrected chi connectivity index (χ4v) is 3.95. The molecule has 1 heterocycles. The van der Waals surface area contributed by atoms with E-state index in [4.69, 9.17) is 10.5 Å². The smallest absolute Gasteiger partial charge is 0.265 e. The fraction of sp³-hybridized carbons (Fsp3) is 0.619. The second-order valence-corrected chi connectivity index (χ2v) is 8.05. The molecule has 3 N–H and O–H groups in total. The van der Waals surface area contributed by atoms with Crippen molar-refractivity contribution in [1.82, 2.24) is 4.90 Å². The number of rotatable bonds is 10. The molecule has 2 amide bonds. The maximum Gasteiger partial charge on any atom is 0.265 e. The molecule has 11 heteroatoms. The molecule has 2 fully saturated rings. The number of carbonyl (C=O) groups excluding carboxylic acids is 2. The third-order valence-corrected chi connectivity index (χ3v) is 5.88. The Morgan fingerprint density at radius 1 is 1.28 bits per heavy atom. The van der Waals surface area contributed by atoms with Gasteiger partial charge in [0.1, 0.15) is 12.6 Å².